The molecule has 1 unspecified atom stereocenters. The van der Waals surface area contributed by atoms with Crippen molar-refractivity contribution in [1.29, 1.82) is 0 Å². The van der Waals surface area contributed by atoms with Crippen molar-refractivity contribution in [2.24, 2.45) is 5.92 Å². The zero-order valence-corrected chi connectivity index (χ0v) is 4.93. The number of ketones is 1. The van der Waals surface area contributed by atoms with Crippen LogP contribution < -0.4 is 0 Å². The molecule has 0 saturated carbocycles. The van der Waals surface area contributed by atoms with Crippen LogP contribution in [0.2, 0.25) is 0 Å². The Morgan fingerprint density at radius 2 is 2.11 bits per heavy atom. The van der Waals surface area contributed by atoms with Gasteiger partial charge >= 0.3 is 5.97 Å². The maximum absolute atomic E-state index is 11.4. The van der Waals surface area contributed by atoms with E-state index in [0.29, 0.717) is 0 Å². The van der Waals surface area contributed by atoms with Crippen LogP contribution in [0.1, 0.15) is 6.92 Å². The molecule has 0 aromatic carbocycles. The van der Waals surface area contributed by atoms with E-state index in [9.17, 15) is 14.0 Å². The highest BCUT2D eigenvalue weighted by Crippen LogP contribution is 1.96. The molecule has 0 spiro atoms. The number of rotatable bonds is 3. The maximum atomic E-state index is 11.4. The van der Waals surface area contributed by atoms with Gasteiger partial charge in [0.05, 0.1) is 0 Å². The van der Waals surface area contributed by atoms with Crippen LogP contribution in [-0.2, 0) is 9.59 Å². The summed E-state index contributed by atoms with van der Waals surface area (Å²) in [5, 5.41) is 8.10. The first kappa shape index (κ1) is 8.07. The Balaban J connectivity index is 3.88. The quantitative estimate of drug-likeness (QED) is 0.562. The molecule has 1 atom stereocenters. The Hall–Kier alpha value is -0.930. The van der Waals surface area contributed by atoms with Crippen LogP contribution in [-0.4, -0.2) is 23.5 Å². The van der Waals surface area contributed by atoms with Gasteiger partial charge in [-0.15, -0.1) is 0 Å². The number of carboxylic acid groups (broad SMARTS) is 1. The summed E-state index contributed by atoms with van der Waals surface area (Å²) in [6, 6.07) is 0. The van der Waals surface area contributed by atoms with Crippen molar-refractivity contribution in [3.8, 4) is 0 Å². The number of Topliss-reactive ketones (excluding diaryl/α,β-unsaturated/α-hetero) is 1. The van der Waals surface area contributed by atoms with Crippen molar-refractivity contribution in [2.45, 2.75) is 6.92 Å². The van der Waals surface area contributed by atoms with Crippen LogP contribution in [0.25, 0.3) is 0 Å². The van der Waals surface area contributed by atoms with Crippen LogP contribution in [0.15, 0.2) is 0 Å². The molecule has 0 bridgehead atoms. The lowest BCUT2D eigenvalue weighted by molar-refractivity contribution is -0.145. The third kappa shape index (κ3) is 2.21. The van der Waals surface area contributed by atoms with Gasteiger partial charge in [-0.2, -0.15) is 0 Å². The number of hydrogen-bond acceptors (Lipinski definition) is 2. The first-order chi connectivity index (χ1) is 4.09. The number of halogens is 1. The van der Waals surface area contributed by atoms with E-state index >= 15 is 0 Å². The molecule has 0 aromatic heterocycles. The standard InChI is InChI=1S/C5H7FO3/c1-3(5(8)9)4(7)2-6/h3H,2H2,1H3,(H,8,9). The van der Waals surface area contributed by atoms with Gasteiger partial charge in [-0.3, -0.25) is 9.59 Å². The Morgan fingerprint density at radius 3 is 2.22 bits per heavy atom. The summed E-state index contributed by atoms with van der Waals surface area (Å²) in [5.74, 6) is -3.38. The highest BCUT2D eigenvalue weighted by atomic mass is 19.1. The third-order valence-electron chi connectivity index (χ3n) is 0.985. The van der Waals surface area contributed by atoms with Crippen LogP contribution in [0.4, 0.5) is 4.39 Å². The summed E-state index contributed by atoms with van der Waals surface area (Å²) >= 11 is 0. The molecule has 0 rings (SSSR count). The van der Waals surface area contributed by atoms with Gasteiger partial charge in [0, 0.05) is 0 Å². The summed E-state index contributed by atoms with van der Waals surface area (Å²) in [7, 11) is 0. The minimum atomic E-state index is -1.28. The van der Waals surface area contributed by atoms with E-state index in [1.807, 2.05) is 0 Å². The summed E-state index contributed by atoms with van der Waals surface area (Å²) in [6.45, 7) is -0.0439. The molecular formula is C5H7FO3. The van der Waals surface area contributed by atoms with E-state index < -0.39 is 24.3 Å². The predicted octanol–water partition coefficient (Wildman–Crippen LogP) is 0.246. The number of carbonyl (C=O) groups excluding carboxylic acids is 1. The van der Waals surface area contributed by atoms with Crippen molar-refractivity contribution in [3.05, 3.63) is 0 Å². The molecule has 3 nitrogen and oxygen atoms in total. The largest absolute Gasteiger partial charge is 0.481 e. The Bertz CT molecular complexity index is 132. The first-order valence-electron chi connectivity index (χ1n) is 2.41. The number of carboxylic acids is 1. The lowest BCUT2D eigenvalue weighted by Crippen LogP contribution is -2.21. The molecular weight excluding hydrogens is 127 g/mol. The van der Waals surface area contributed by atoms with Gasteiger partial charge in [-0.05, 0) is 6.92 Å². The number of alkyl halides is 1. The van der Waals surface area contributed by atoms with Crippen LogP contribution in [0.3, 0.4) is 0 Å². The maximum Gasteiger partial charge on any atom is 0.313 e. The Kier molecular flexibility index (Phi) is 2.84. The minimum Gasteiger partial charge on any atom is -0.481 e. The zero-order valence-electron chi connectivity index (χ0n) is 4.93. The van der Waals surface area contributed by atoms with Crippen molar-refractivity contribution in [2.75, 3.05) is 6.67 Å². The SMILES string of the molecule is CC(C(=O)O)C(=O)CF. The lowest BCUT2D eigenvalue weighted by Gasteiger charge is -1.98. The van der Waals surface area contributed by atoms with Gasteiger partial charge < -0.3 is 5.11 Å². The molecule has 0 aliphatic carbocycles. The molecule has 0 fully saturated rings. The summed E-state index contributed by atoms with van der Waals surface area (Å²) < 4.78 is 11.4. The molecule has 9 heavy (non-hydrogen) atoms. The van der Waals surface area contributed by atoms with E-state index in [4.69, 9.17) is 5.11 Å². The molecule has 52 valence electrons. The van der Waals surface area contributed by atoms with Gasteiger partial charge in [-0.1, -0.05) is 0 Å². The highest BCUT2D eigenvalue weighted by Gasteiger charge is 2.19. The molecule has 0 radical (unpaired) electrons. The van der Waals surface area contributed by atoms with E-state index in [1.165, 1.54) is 0 Å². The van der Waals surface area contributed by atoms with Crippen LogP contribution >= 0.6 is 0 Å². The molecule has 0 aliphatic rings. The first-order valence-corrected chi connectivity index (χ1v) is 2.41. The molecule has 4 heteroatoms. The normalized spacial score (nSPS) is 12.7. The van der Waals surface area contributed by atoms with Crippen molar-refractivity contribution >= 4 is 11.8 Å². The Morgan fingerprint density at radius 1 is 1.67 bits per heavy atom. The van der Waals surface area contributed by atoms with Gasteiger partial charge in [-0.25, -0.2) is 4.39 Å². The fourth-order valence-corrected chi connectivity index (χ4v) is 0.253. The number of hydrogen-bond donors (Lipinski definition) is 1. The molecule has 0 heterocycles. The average Bonchev–Trinajstić information content (AvgIpc) is 1.84. The van der Waals surface area contributed by atoms with E-state index in [-0.39, 0.29) is 0 Å². The fourth-order valence-electron chi connectivity index (χ4n) is 0.253. The van der Waals surface area contributed by atoms with Crippen molar-refractivity contribution in [1.82, 2.24) is 0 Å². The summed E-state index contributed by atoms with van der Waals surface area (Å²) in [5.41, 5.74) is 0. The summed E-state index contributed by atoms with van der Waals surface area (Å²) in [6.07, 6.45) is 0. The Labute approximate surface area is 51.5 Å². The molecule has 0 amide bonds. The minimum absolute atomic E-state index is 0.887. The topological polar surface area (TPSA) is 54.4 Å². The number of carbonyl (C=O) groups is 2. The van der Waals surface area contributed by atoms with Crippen LogP contribution in [0, 0.1) is 5.92 Å². The van der Waals surface area contributed by atoms with E-state index in [2.05, 4.69) is 0 Å². The highest BCUT2D eigenvalue weighted by molar-refractivity contribution is 5.98. The monoisotopic (exact) mass is 134 g/mol. The molecule has 0 saturated heterocycles. The summed E-state index contributed by atoms with van der Waals surface area (Å²) in [4.78, 5) is 20.1. The lowest BCUT2D eigenvalue weighted by atomic mass is 10.1. The van der Waals surface area contributed by atoms with Gasteiger partial charge in [0.25, 0.3) is 0 Å². The zero-order chi connectivity index (χ0) is 7.44. The second-order valence-electron chi connectivity index (χ2n) is 1.66. The second kappa shape index (κ2) is 3.17. The van der Waals surface area contributed by atoms with Gasteiger partial charge in [0.15, 0.2) is 5.78 Å². The second-order valence-corrected chi connectivity index (χ2v) is 1.66. The smallest absolute Gasteiger partial charge is 0.313 e. The molecule has 0 aliphatic heterocycles. The fraction of sp³-hybridized carbons (Fsp3) is 0.600. The average molecular weight is 134 g/mol. The molecule has 1 N–H and O–H groups in total. The molecule has 0 aromatic rings. The van der Waals surface area contributed by atoms with Gasteiger partial charge in [0.2, 0.25) is 0 Å². The number of aliphatic carboxylic acids is 1. The van der Waals surface area contributed by atoms with E-state index in [1.54, 1.807) is 0 Å². The van der Waals surface area contributed by atoms with Crippen molar-refractivity contribution < 1.29 is 19.1 Å². The van der Waals surface area contributed by atoms with Crippen molar-refractivity contribution in [3.63, 3.8) is 0 Å². The van der Waals surface area contributed by atoms with Crippen LogP contribution in [0.5, 0.6) is 0 Å². The predicted molar refractivity (Wildman–Crippen MR) is 27.8 cm³/mol. The van der Waals surface area contributed by atoms with Gasteiger partial charge in [0.1, 0.15) is 12.6 Å². The van der Waals surface area contributed by atoms with E-state index in [0.717, 1.165) is 6.92 Å². The third-order valence-corrected chi connectivity index (χ3v) is 0.985.